The minimum Gasteiger partial charge on any atom is -0.445 e. The fraction of sp³-hybridized carbons (Fsp3) is 0.282. The third kappa shape index (κ3) is 8.47. The Morgan fingerprint density at radius 3 is 2.28 bits per heavy atom. The molecular weight excluding hydrogens is 697 g/mol. The van der Waals surface area contributed by atoms with Gasteiger partial charge in [-0.3, -0.25) is 14.5 Å². The number of imide groups is 1. The first-order valence-corrected chi connectivity index (χ1v) is 18.2. The molecule has 7 rings (SSSR count). The van der Waals surface area contributed by atoms with Crippen molar-refractivity contribution in [2.45, 2.75) is 62.8 Å². The molecule has 1 unspecified atom stereocenters. The second kappa shape index (κ2) is 16.5. The number of carbonyl (C=O) groups excluding carboxylic acids is 3. The molecule has 4 aromatic carbocycles. The molecule has 2 aliphatic heterocycles. The van der Waals surface area contributed by atoms with Gasteiger partial charge in [-0.15, -0.1) is 5.10 Å². The van der Waals surface area contributed by atoms with Crippen LogP contribution in [0.4, 0.5) is 4.79 Å². The Morgan fingerprint density at radius 1 is 0.887 bits per heavy atom. The molecule has 272 valence electrons. The lowest BCUT2D eigenvalue weighted by Gasteiger charge is -2.41. The summed E-state index contributed by atoms with van der Waals surface area (Å²) >= 11 is 1.49. The molecule has 2 aliphatic rings. The van der Waals surface area contributed by atoms with Crippen molar-refractivity contribution in [2.75, 3.05) is 5.75 Å². The number of aromatic nitrogens is 4. The number of nitrogens with zero attached hydrogens (tertiary/aromatic N) is 5. The minimum atomic E-state index is -0.994. The number of rotatable bonds is 12. The minimum absolute atomic E-state index is 0.0494. The summed E-state index contributed by atoms with van der Waals surface area (Å²) in [5.41, 5.74) is 4.92. The number of amides is 3. The number of nitrogens with one attached hydrogen (secondary N) is 1. The topological polar surface area (TPSA) is 158 Å². The standard InChI is InChI=1S/C39H38N6O7S/c1-25-33(24-53-38-41-42-43-45(38)31-10-6-3-7-11-31)51-37(52-35(25)29-16-14-27(22-46)15-17-29)30-18-12-26(13-19-30)21-44-34(47)20-32(36(44)48)40-39(49)50-23-28-8-4-2-5-9-28/h2-19,25,32-33,35,37,46H,20-24H2,1H3,(H,40,49)/t25-,32?,33+,35+,37+/m0/s1. The van der Waals surface area contributed by atoms with Crippen molar-refractivity contribution in [3.05, 3.63) is 137 Å². The number of benzene rings is 4. The van der Waals surface area contributed by atoms with E-state index in [4.69, 9.17) is 14.2 Å². The molecule has 0 saturated carbocycles. The van der Waals surface area contributed by atoms with Crippen LogP contribution in [0.25, 0.3) is 5.69 Å². The van der Waals surface area contributed by atoms with Crippen LogP contribution < -0.4 is 5.32 Å². The zero-order valence-corrected chi connectivity index (χ0v) is 29.7. The second-order valence-electron chi connectivity index (χ2n) is 12.9. The molecule has 0 radical (unpaired) electrons. The van der Waals surface area contributed by atoms with Gasteiger partial charge in [-0.05, 0) is 44.8 Å². The number of hydrogen-bond donors (Lipinski definition) is 2. The average molecular weight is 735 g/mol. The molecule has 2 saturated heterocycles. The summed E-state index contributed by atoms with van der Waals surface area (Å²) in [5.74, 6) is -0.374. The highest BCUT2D eigenvalue weighted by Gasteiger charge is 2.41. The van der Waals surface area contributed by atoms with E-state index in [1.165, 1.54) is 11.8 Å². The average Bonchev–Trinajstić information content (AvgIpc) is 3.77. The van der Waals surface area contributed by atoms with E-state index >= 15 is 0 Å². The molecule has 53 heavy (non-hydrogen) atoms. The third-order valence-corrected chi connectivity index (χ3v) is 10.3. The smallest absolute Gasteiger partial charge is 0.408 e. The van der Waals surface area contributed by atoms with Crippen LogP contribution in [0.1, 0.15) is 53.6 Å². The number of likely N-dealkylation sites (tertiary alicyclic amines) is 1. The van der Waals surface area contributed by atoms with Crippen LogP contribution in [0.3, 0.4) is 0 Å². The van der Waals surface area contributed by atoms with E-state index in [0.717, 1.165) is 38.4 Å². The van der Waals surface area contributed by atoms with Gasteiger partial charge in [0.25, 0.3) is 5.91 Å². The highest BCUT2D eigenvalue weighted by atomic mass is 32.2. The molecule has 13 nitrogen and oxygen atoms in total. The van der Waals surface area contributed by atoms with Crippen molar-refractivity contribution in [3.63, 3.8) is 0 Å². The number of aliphatic hydroxyl groups excluding tert-OH is 1. The normalized spacial score (nSPS) is 21.5. The molecule has 5 aromatic rings. The van der Waals surface area contributed by atoms with Crippen LogP contribution in [0.2, 0.25) is 0 Å². The Hall–Kier alpha value is -5.41. The van der Waals surface area contributed by atoms with Gasteiger partial charge in [0.2, 0.25) is 11.1 Å². The number of aliphatic hydroxyl groups is 1. The summed E-state index contributed by atoms with van der Waals surface area (Å²) in [6.45, 7) is 2.14. The van der Waals surface area contributed by atoms with Gasteiger partial charge in [0.1, 0.15) is 12.6 Å². The second-order valence-corrected chi connectivity index (χ2v) is 13.9. The van der Waals surface area contributed by atoms with Gasteiger partial charge in [0.15, 0.2) is 6.29 Å². The maximum Gasteiger partial charge on any atom is 0.408 e. The highest BCUT2D eigenvalue weighted by molar-refractivity contribution is 7.99. The van der Waals surface area contributed by atoms with E-state index in [1.807, 2.05) is 109 Å². The summed E-state index contributed by atoms with van der Waals surface area (Å²) < 4.78 is 20.1. The largest absolute Gasteiger partial charge is 0.445 e. The summed E-state index contributed by atoms with van der Waals surface area (Å²) in [6.07, 6.45) is -2.20. The van der Waals surface area contributed by atoms with Crippen LogP contribution >= 0.6 is 11.8 Å². The molecule has 14 heteroatoms. The Bertz CT molecular complexity index is 2010. The third-order valence-electron chi connectivity index (χ3n) is 9.28. The SMILES string of the molecule is C[C@H]1[C@@H](CSc2nnnn2-c2ccccc2)O[C@@H](c2ccc(CN3C(=O)CC(NC(=O)OCc4ccccc4)C3=O)cc2)O[C@H]1c1ccc(CO)cc1. The van der Waals surface area contributed by atoms with Crippen LogP contribution in [0.15, 0.2) is 114 Å². The number of alkyl carbamates (subject to hydrolysis) is 1. The van der Waals surface area contributed by atoms with Gasteiger partial charge in [0.05, 0.1) is 37.5 Å². The predicted molar refractivity (Wildman–Crippen MR) is 193 cm³/mol. The first-order valence-electron chi connectivity index (χ1n) is 17.2. The van der Waals surface area contributed by atoms with Gasteiger partial charge in [-0.25, -0.2) is 4.79 Å². The molecule has 5 atom stereocenters. The van der Waals surface area contributed by atoms with E-state index in [-0.39, 0.29) is 50.2 Å². The molecule has 2 fully saturated rings. The molecule has 2 N–H and O–H groups in total. The van der Waals surface area contributed by atoms with E-state index in [0.29, 0.717) is 10.9 Å². The van der Waals surface area contributed by atoms with Gasteiger partial charge in [-0.1, -0.05) is 116 Å². The number of carbonyl (C=O) groups is 3. The zero-order chi connectivity index (χ0) is 36.7. The zero-order valence-electron chi connectivity index (χ0n) is 28.9. The molecule has 0 bridgehead atoms. The lowest BCUT2D eigenvalue weighted by molar-refractivity contribution is -0.268. The molecule has 1 aromatic heterocycles. The maximum atomic E-state index is 13.1. The molecule has 3 heterocycles. The van der Waals surface area contributed by atoms with E-state index < -0.39 is 24.3 Å². The van der Waals surface area contributed by atoms with Gasteiger partial charge in [-0.2, -0.15) is 4.68 Å². The number of hydrogen-bond acceptors (Lipinski definition) is 11. The van der Waals surface area contributed by atoms with E-state index in [1.54, 1.807) is 4.68 Å². The van der Waals surface area contributed by atoms with Crippen molar-refractivity contribution in [1.29, 1.82) is 0 Å². The van der Waals surface area contributed by atoms with Gasteiger partial charge >= 0.3 is 6.09 Å². The molecule has 3 amide bonds. The number of thioether (sulfide) groups is 1. The van der Waals surface area contributed by atoms with E-state index in [2.05, 4.69) is 27.8 Å². The Labute approximate surface area is 310 Å². The van der Waals surface area contributed by atoms with Crippen LogP contribution in [0, 0.1) is 5.92 Å². The first-order chi connectivity index (χ1) is 25.9. The Morgan fingerprint density at radius 2 is 1.57 bits per heavy atom. The van der Waals surface area contributed by atoms with Crippen molar-refractivity contribution >= 4 is 29.7 Å². The number of ether oxygens (including phenoxy) is 3. The number of tetrazole rings is 1. The quantitative estimate of drug-likeness (QED) is 0.127. The van der Waals surface area contributed by atoms with Crippen molar-refractivity contribution in [1.82, 2.24) is 30.4 Å². The summed E-state index contributed by atoms with van der Waals surface area (Å²) in [5, 5.41) is 25.1. The first kappa shape index (κ1) is 36.0. The lowest BCUT2D eigenvalue weighted by Crippen LogP contribution is -2.41. The molecule has 0 spiro atoms. The summed E-state index contributed by atoms with van der Waals surface area (Å²) in [7, 11) is 0. The van der Waals surface area contributed by atoms with Crippen molar-refractivity contribution in [2.24, 2.45) is 5.92 Å². The number of para-hydroxylation sites is 1. The Kier molecular flexibility index (Phi) is 11.2. The fourth-order valence-electron chi connectivity index (χ4n) is 6.30. The van der Waals surface area contributed by atoms with Gasteiger partial charge < -0.3 is 24.6 Å². The fourth-order valence-corrected chi connectivity index (χ4v) is 7.35. The predicted octanol–water partition coefficient (Wildman–Crippen LogP) is 5.29. The summed E-state index contributed by atoms with van der Waals surface area (Å²) in [4.78, 5) is 39.5. The van der Waals surface area contributed by atoms with Crippen molar-refractivity contribution in [3.8, 4) is 5.69 Å². The summed E-state index contributed by atoms with van der Waals surface area (Å²) in [6, 6.07) is 33.0. The lowest BCUT2D eigenvalue weighted by atomic mass is 9.91. The van der Waals surface area contributed by atoms with Crippen molar-refractivity contribution < 1.29 is 33.7 Å². The van der Waals surface area contributed by atoms with Crippen LogP contribution in [-0.4, -0.2) is 66.0 Å². The molecule has 0 aliphatic carbocycles. The Balaban J connectivity index is 1.02. The van der Waals surface area contributed by atoms with Gasteiger partial charge in [0, 0.05) is 17.2 Å². The molecular formula is C39H38N6O7S. The monoisotopic (exact) mass is 734 g/mol. The highest BCUT2D eigenvalue weighted by Crippen LogP contribution is 2.43. The van der Waals surface area contributed by atoms with Crippen LogP contribution in [-0.2, 0) is 43.6 Å². The van der Waals surface area contributed by atoms with Crippen LogP contribution in [0.5, 0.6) is 0 Å². The maximum absolute atomic E-state index is 13.1. The van der Waals surface area contributed by atoms with E-state index in [9.17, 15) is 19.5 Å².